The fourth-order valence-corrected chi connectivity index (χ4v) is 2.18. The fraction of sp³-hybridized carbons (Fsp3) is 0.500. The number of aliphatic hydroxyl groups excluding tert-OH is 1. The molecule has 110 valence electrons. The number of nitrogens with one attached hydrogen (secondary N) is 1. The average molecular weight is 300 g/mol. The van der Waals surface area contributed by atoms with Crippen LogP contribution in [-0.4, -0.2) is 36.9 Å². The minimum absolute atomic E-state index is 0.109. The lowest BCUT2D eigenvalue weighted by molar-refractivity contribution is 0.0895. The lowest BCUT2D eigenvalue weighted by Gasteiger charge is -2.22. The molecule has 0 saturated heterocycles. The molecule has 0 unspecified atom stereocenters. The van der Waals surface area contributed by atoms with Crippen LogP contribution in [0.4, 0.5) is 0 Å². The first kappa shape index (κ1) is 14.9. The normalized spacial score (nSPS) is 15.1. The van der Waals surface area contributed by atoms with Crippen LogP contribution in [0.5, 0.6) is 11.5 Å². The third-order valence-electron chi connectivity index (χ3n) is 3.18. The number of rotatable bonds is 4. The van der Waals surface area contributed by atoms with E-state index in [1.807, 2.05) is 13.8 Å². The molecular formula is C14H18ClNO4. The van der Waals surface area contributed by atoms with E-state index in [2.05, 4.69) is 5.32 Å². The van der Waals surface area contributed by atoms with Crippen molar-refractivity contribution in [3.8, 4) is 11.5 Å². The summed E-state index contributed by atoms with van der Waals surface area (Å²) in [5, 5.41) is 12.4. The van der Waals surface area contributed by atoms with Crippen molar-refractivity contribution in [2.45, 2.75) is 19.9 Å². The zero-order valence-corrected chi connectivity index (χ0v) is 12.2. The molecule has 1 aromatic rings. The number of hydrogen-bond donors (Lipinski definition) is 2. The van der Waals surface area contributed by atoms with E-state index in [0.717, 1.165) is 0 Å². The molecule has 2 rings (SSSR count). The van der Waals surface area contributed by atoms with Gasteiger partial charge in [0.05, 0.1) is 17.7 Å². The van der Waals surface area contributed by atoms with Crippen molar-refractivity contribution in [2.75, 3.05) is 19.8 Å². The average Bonchev–Trinajstić information content (AvgIpc) is 2.44. The molecule has 6 heteroatoms. The summed E-state index contributed by atoms with van der Waals surface area (Å²) in [4.78, 5) is 12.2. The molecule has 20 heavy (non-hydrogen) atoms. The Morgan fingerprint density at radius 1 is 1.40 bits per heavy atom. The maximum Gasteiger partial charge on any atom is 0.251 e. The number of hydrogen-bond acceptors (Lipinski definition) is 4. The topological polar surface area (TPSA) is 67.8 Å². The molecule has 1 aliphatic heterocycles. The van der Waals surface area contributed by atoms with E-state index in [9.17, 15) is 9.90 Å². The van der Waals surface area contributed by atoms with Gasteiger partial charge >= 0.3 is 0 Å². The van der Waals surface area contributed by atoms with Crippen molar-refractivity contribution in [2.24, 2.45) is 5.92 Å². The van der Waals surface area contributed by atoms with Gasteiger partial charge in [0.15, 0.2) is 11.5 Å². The van der Waals surface area contributed by atoms with Crippen molar-refractivity contribution in [3.05, 3.63) is 22.7 Å². The molecule has 0 aromatic heterocycles. The van der Waals surface area contributed by atoms with Crippen molar-refractivity contribution < 1.29 is 19.4 Å². The van der Waals surface area contributed by atoms with Gasteiger partial charge in [-0.1, -0.05) is 25.4 Å². The second-order valence-electron chi connectivity index (χ2n) is 4.99. The number of carbonyl (C=O) groups is 1. The highest BCUT2D eigenvalue weighted by Gasteiger charge is 2.21. The Morgan fingerprint density at radius 2 is 2.10 bits per heavy atom. The van der Waals surface area contributed by atoms with Crippen molar-refractivity contribution in [1.82, 2.24) is 5.32 Å². The van der Waals surface area contributed by atoms with Crippen LogP contribution in [0.2, 0.25) is 5.02 Å². The van der Waals surface area contributed by atoms with E-state index in [1.54, 1.807) is 12.1 Å². The summed E-state index contributed by atoms with van der Waals surface area (Å²) in [7, 11) is 0. The van der Waals surface area contributed by atoms with E-state index >= 15 is 0 Å². The van der Waals surface area contributed by atoms with Crippen molar-refractivity contribution in [3.63, 3.8) is 0 Å². The molecule has 5 nitrogen and oxygen atoms in total. The lowest BCUT2D eigenvalue weighted by Crippen LogP contribution is -2.41. The highest BCUT2D eigenvalue weighted by molar-refractivity contribution is 6.32. The first-order valence-corrected chi connectivity index (χ1v) is 6.91. The smallest absolute Gasteiger partial charge is 0.251 e. The van der Waals surface area contributed by atoms with E-state index in [1.165, 1.54) is 0 Å². The van der Waals surface area contributed by atoms with Gasteiger partial charge in [-0.15, -0.1) is 0 Å². The monoisotopic (exact) mass is 299 g/mol. The van der Waals surface area contributed by atoms with Crippen molar-refractivity contribution >= 4 is 17.5 Å². The summed E-state index contributed by atoms with van der Waals surface area (Å²) >= 11 is 6.09. The Kier molecular flexibility index (Phi) is 4.73. The first-order valence-electron chi connectivity index (χ1n) is 6.53. The molecular weight excluding hydrogens is 282 g/mol. The predicted octanol–water partition coefficient (Wildman–Crippen LogP) is 1.86. The van der Waals surface area contributed by atoms with Crippen LogP contribution in [0.3, 0.4) is 0 Å². The fourth-order valence-electron chi connectivity index (χ4n) is 1.92. The second-order valence-corrected chi connectivity index (χ2v) is 5.40. The molecule has 0 fully saturated rings. The van der Waals surface area contributed by atoms with Gasteiger partial charge in [-0.2, -0.15) is 0 Å². The lowest BCUT2D eigenvalue weighted by atomic mass is 10.0. The Bertz CT molecular complexity index is 504. The molecule has 0 saturated carbocycles. The minimum atomic E-state index is -0.297. The second kappa shape index (κ2) is 6.33. The van der Waals surface area contributed by atoms with Gasteiger partial charge in [-0.05, 0) is 18.1 Å². The molecule has 0 bridgehead atoms. The Labute approximate surface area is 122 Å². The van der Waals surface area contributed by atoms with E-state index in [-0.39, 0.29) is 24.5 Å². The zero-order valence-electron chi connectivity index (χ0n) is 11.5. The number of benzene rings is 1. The molecule has 1 amide bonds. The highest BCUT2D eigenvalue weighted by Crippen LogP contribution is 2.38. The van der Waals surface area contributed by atoms with E-state index in [4.69, 9.17) is 21.1 Å². The molecule has 1 aliphatic rings. The molecule has 1 aromatic carbocycles. The summed E-state index contributed by atoms with van der Waals surface area (Å²) in [5.74, 6) is 0.782. The Balaban J connectivity index is 2.20. The maximum atomic E-state index is 12.2. The largest absolute Gasteiger partial charge is 0.486 e. The Hall–Kier alpha value is -1.46. The summed E-state index contributed by atoms with van der Waals surface area (Å²) in [6, 6.07) is 2.85. The zero-order chi connectivity index (χ0) is 14.7. The molecule has 0 aliphatic carbocycles. The standard InChI is InChI=1S/C14H18ClNO4/c1-8(2)11(7-17)16-14(18)9-5-10(15)13-12(6-9)19-3-4-20-13/h5-6,8,11,17H,3-4,7H2,1-2H3,(H,16,18)/t11-/m1/s1. The maximum absolute atomic E-state index is 12.2. The SMILES string of the molecule is CC(C)[C@@H](CO)NC(=O)c1cc(Cl)c2c(c1)OCCO2. The van der Waals surface area contributed by atoms with Crippen molar-refractivity contribution in [1.29, 1.82) is 0 Å². The van der Waals surface area contributed by atoms with Crippen LogP contribution in [-0.2, 0) is 0 Å². The van der Waals surface area contributed by atoms with Crippen LogP contribution in [0.25, 0.3) is 0 Å². The van der Waals surface area contributed by atoms with Gasteiger partial charge in [0.2, 0.25) is 0 Å². The van der Waals surface area contributed by atoms with Crippen LogP contribution in [0, 0.1) is 5.92 Å². The molecule has 0 radical (unpaired) electrons. The Morgan fingerprint density at radius 3 is 2.75 bits per heavy atom. The van der Waals surface area contributed by atoms with Crippen LogP contribution >= 0.6 is 11.6 Å². The third-order valence-corrected chi connectivity index (χ3v) is 3.46. The molecule has 1 atom stereocenters. The van der Waals surface area contributed by atoms with Crippen LogP contribution < -0.4 is 14.8 Å². The number of fused-ring (bicyclic) bond motifs is 1. The summed E-state index contributed by atoms with van der Waals surface area (Å²) in [5.41, 5.74) is 0.387. The van der Waals surface area contributed by atoms with E-state index in [0.29, 0.717) is 35.3 Å². The summed E-state index contributed by atoms with van der Waals surface area (Å²) in [6.45, 7) is 4.62. The quantitative estimate of drug-likeness (QED) is 0.890. The van der Waals surface area contributed by atoms with Gasteiger partial charge in [-0.3, -0.25) is 4.79 Å². The van der Waals surface area contributed by atoms with Gasteiger partial charge in [0.25, 0.3) is 5.91 Å². The number of halogens is 1. The van der Waals surface area contributed by atoms with Crippen LogP contribution in [0.1, 0.15) is 24.2 Å². The first-order chi connectivity index (χ1) is 9.52. The summed E-state index contributed by atoms with van der Waals surface area (Å²) < 4.78 is 10.8. The molecule has 0 spiro atoms. The van der Waals surface area contributed by atoms with Gasteiger partial charge in [0, 0.05) is 5.56 Å². The van der Waals surface area contributed by atoms with Crippen LogP contribution in [0.15, 0.2) is 12.1 Å². The number of aliphatic hydroxyl groups is 1. The number of amides is 1. The molecule has 2 N–H and O–H groups in total. The predicted molar refractivity (Wildman–Crippen MR) is 75.6 cm³/mol. The third kappa shape index (κ3) is 3.16. The van der Waals surface area contributed by atoms with Gasteiger partial charge in [-0.25, -0.2) is 0 Å². The van der Waals surface area contributed by atoms with E-state index < -0.39 is 0 Å². The number of ether oxygens (including phenoxy) is 2. The summed E-state index contributed by atoms with van der Waals surface area (Å²) in [6.07, 6.45) is 0. The molecule has 1 heterocycles. The van der Waals surface area contributed by atoms with Gasteiger partial charge < -0.3 is 19.9 Å². The van der Waals surface area contributed by atoms with Gasteiger partial charge in [0.1, 0.15) is 13.2 Å². The highest BCUT2D eigenvalue weighted by atomic mass is 35.5. The number of carbonyl (C=O) groups excluding carboxylic acids is 1. The minimum Gasteiger partial charge on any atom is -0.486 e.